The molecule has 0 radical (unpaired) electrons. The number of carbonyl (C=O) groups excluding carboxylic acids is 3. The van der Waals surface area contributed by atoms with E-state index in [1.165, 1.54) is 6.42 Å². The summed E-state index contributed by atoms with van der Waals surface area (Å²) < 4.78 is 12.1. The summed E-state index contributed by atoms with van der Waals surface area (Å²) in [6.07, 6.45) is 9.02. The van der Waals surface area contributed by atoms with Crippen LogP contribution >= 0.6 is 11.6 Å². The molecule has 4 aliphatic rings. The molecule has 1 saturated carbocycles. The molecule has 2 saturated heterocycles. The van der Waals surface area contributed by atoms with Crippen LogP contribution in [-0.2, 0) is 23.9 Å². The van der Waals surface area contributed by atoms with Crippen LogP contribution < -0.4 is 10.6 Å². The molecule has 1 aromatic carbocycles. The quantitative estimate of drug-likeness (QED) is 0.375. The first-order chi connectivity index (χ1) is 17.8. The van der Waals surface area contributed by atoms with Crippen molar-refractivity contribution in [3.8, 4) is 0 Å². The molecule has 2 bridgehead atoms. The maximum atomic E-state index is 13.9. The molecular weight excluding hydrogens is 494 g/mol. The molecule has 3 fully saturated rings. The first-order valence-corrected chi connectivity index (χ1v) is 13.8. The van der Waals surface area contributed by atoms with Crippen molar-refractivity contribution in [2.45, 2.75) is 82.3 Å². The van der Waals surface area contributed by atoms with Crippen molar-refractivity contribution in [1.29, 1.82) is 0 Å². The summed E-state index contributed by atoms with van der Waals surface area (Å²) >= 11 is 6.09. The van der Waals surface area contributed by atoms with Crippen molar-refractivity contribution in [1.82, 2.24) is 10.2 Å². The molecule has 0 aromatic heterocycles. The van der Waals surface area contributed by atoms with Gasteiger partial charge in [-0.2, -0.15) is 0 Å². The van der Waals surface area contributed by atoms with Crippen molar-refractivity contribution in [3.05, 3.63) is 41.4 Å². The molecule has 1 spiro atoms. The van der Waals surface area contributed by atoms with Crippen molar-refractivity contribution >= 4 is 35.0 Å². The van der Waals surface area contributed by atoms with E-state index in [-0.39, 0.29) is 29.9 Å². The molecule has 8 nitrogen and oxygen atoms in total. The topological polar surface area (TPSA) is 97.0 Å². The Hall–Kier alpha value is -2.42. The zero-order valence-electron chi connectivity index (χ0n) is 21.5. The number of rotatable bonds is 9. The zero-order chi connectivity index (χ0) is 26.2. The fourth-order valence-corrected chi connectivity index (χ4v) is 6.57. The normalized spacial score (nSPS) is 30.7. The van der Waals surface area contributed by atoms with Crippen LogP contribution in [0.15, 0.2) is 36.4 Å². The Bertz CT molecular complexity index is 1070. The maximum Gasteiger partial charge on any atom is 0.246 e. The summed E-state index contributed by atoms with van der Waals surface area (Å²) in [5.74, 6) is -2.23. The number of likely N-dealkylation sites (tertiary alicyclic amines) is 1. The highest BCUT2D eigenvalue weighted by atomic mass is 35.5. The van der Waals surface area contributed by atoms with E-state index in [0.29, 0.717) is 30.3 Å². The lowest BCUT2D eigenvalue weighted by atomic mass is 9.74. The van der Waals surface area contributed by atoms with Gasteiger partial charge in [-0.1, -0.05) is 49.1 Å². The second-order valence-electron chi connectivity index (χ2n) is 10.8. The summed E-state index contributed by atoms with van der Waals surface area (Å²) in [5.41, 5.74) is -0.603. The third kappa shape index (κ3) is 5.03. The fraction of sp³-hybridized carbons (Fsp3) is 0.607. The molecule has 9 heteroatoms. The number of carbonyl (C=O) groups is 3. The summed E-state index contributed by atoms with van der Waals surface area (Å²) in [5, 5.41) is 6.61. The van der Waals surface area contributed by atoms with E-state index in [0.717, 1.165) is 25.7 Å². The molecule has 0 unspecified atom stereocenters. The molecular formula is C28H36ClN3O5. The Labute approximate surface area is 223 Å². The van der Waals surface area contributed by atoms with E-state index < -0.39 is 29.6 Å². The van der Waals surface area contributed by atoms with Crippen LogP contribution in [0.25, 0.3) is 0 Å². The summed E-state index contributed by atoms with van der Waals surface area (Å²) in [4.78, 5) is 42.8. The lowest BCUT2D eigenvalue weighted by Crippen LogP contribution is -2.56. The van der Waals surface area contributed by atoms with Crippen molar-refractivity contribution in [2.24, 2.45) is 11.8 Å². The summed E-state index contributed by atoms with van der Waals surface area (Å²) in [6, 6.07) is 6.17. The second-order valence-corrected chi connectivity index (χ2v) is 11.3. The van der Waals surface area contributed by atoms with Gasteiger partial charge in [0.25, 0.3) is 0 Å². The van der Waals surface area contributed by atoms with Gasteiger partial charge >= 0.3 is 0 Å². The monoisotopic (exact) mass is 529 g/mol. The van der Waals surface area contributed by atoms with Crippen LogP contribution in [0.2, 0.25) is 5.02 Å². The van der Waals surface area contributed by atoms with Gasteiger partial charge in [-0.3, -0.25) is 14.4 Å². The summed E-state index contributed by atoms with van der Waals surface area (Å²) in [6.45, 7) is 4.77. The number of anilines is 1. The molecule has 2 N–H and O–H groups in total. The highest BCUT2D eigenvalue weighted by Crippen LogP contribution is 2.55. The minimum Gasteiger partial charge on any atom is -0.379 e. The number of fused-ring (bicyclic) bond motifs is 1. The molecule has 5 rings (SSSR count). The number of amides is 3. The highest BCUT2D eigenvalue weighted by Gasteiger charge is 2.72. The molecule has 1 aliphatic carbocycles. The molecule has 37 heavy (non-hydrogen) atoms. The standard InChI is InChI=1S/C28H36ClN3O5/c1-17(2)36-15-7-14-32-24(26(34)30-19-9-4-3-5-10-19)28-13-12-21(37-28)22(23(28)27(32)35)25(33)31-20-11-6-8-18(29)16-20/h6,8,11-13,16-17,19,21-24H,3-5,7,9-10,14-15H2,1-2H3,(H,30,34)(H,31,33)/t21-,22-,23-,24-,28+/m1/s1. The smallest absolute Gasteiger partial charge is 0.246 e. The number of halogens is 1. The first kappa shape index (κ1) is 26.2. The van der Waals surface area contributed by atoms with E-state index in [2.05, 4.69) is 10.6 Å². The van der Waals surface area contributed by atoms with E-state index in [1.54, 1.807) is 29.2 Å². The van der Waals surface area contributed by atoms with E-state index >= 15 is 0 Å². The molecule has 5 atom stereocenters. The molecule has 3 heterocycles. The predicted molar refractivity (Wildman–Crippen MR) is 140 cm³/mol. The van der Waals surface area contributed by atoms with Gasteiger partial charge in [0.05, 0.1) is 24.0 Å². The Kier molecular flexibility index (Phi) is 7.61. The lowest BCUT2D eigenvalue weighted by molar-refractivity contribution is -0.141. The van der Waals surface area contributed by atoms with Gasteiger partial charge in [-0.15, -0.1) is 0 Å². The van der Waals surface area contributed by atoms with Gasteiger partial charge < -0.3 is 25.0 Å². The van der Waals surface area contributed by atoms with Gasteiger partial charge in [0.1, 0.15) is 11.6 Å². The van der Waals surface area contributed by atoms with Crippen LogP contribution in [0, 0.1) is 11.8 Å². The van der Waals surface area contributed by atoms with Gasteiger partial charge in [0.15, 0.2) is 0 Å². The molecule has 1 aromatic rings. The van der Waals surface area contributed by atoms with Crippen LogP contribution in [0.5, 0.6) is 0 Å². The third-order valence-electron chi connectivity index (χ3n) is 7.96. The fourth-order valence-electron chi connectivity index (χ4n) is 6.38. The second kappa shape index (κ2) is 10.8. The van der Waals surface area contributed by atoms with Crippen LogP contribution in [0.3, 0.4) is 0 Å². The van der Waals surface area contributed by atoms with Crippen LogP contribution in [0.1, 0.15) is 52.4 Å². The number of hydrogen-bond donors (Lipinski definition) is 2. The maximum absolute atomic E-state index is 13.9. The number of hydrogen-bond acceptors (Lipinski definition) is 5. The van der Waals surface area contributed by atoms with Crippen molar-refractivity contribution in [2.75, 3.05) is 18.5 Å². The van der Waals surface area contributed by atoms with Crippen molar-refractivity contribution in [3.63, 3.8) is 0 Å². The minimum absolute atomic E-state index is 0.0825. The Balaban J connectivity index is 1.40. The number of benzene rings is 1. The third-order valence-corrected chi connectivity index (χ3v) is 8.20. The van der Waals surface area contributed by atoms with Gasteiger partial charge in [0, 0.05) is 29.9 Å². The molecule has 200 valence electrons. The molecule has 3 amide bonds. The number of nitrogens with one attached hydrogen (secondary N) is 2. The Morgan fingerprint density at radius 2 is 2.00 bits per heavy atom. The average Bonchev–Trinajstić information content (AvgIpc) is 3.50. The number of nitrogens with zero attached hydrogens (tertiary/aromatic N) is 1. The van der Waals surface area contributed by atoms with Crippen molar-refractivity contribution < 1.29 is 23.9 Å². The van der Waals surface area contributed by atoms with Crippen LogP contribution in [-0.4, -0.2) is 65.7 Å². The molecule has 3 aliphatic heterocycles. The number of ether oxygens (including phenoxy) is 2. The van der Waals surface area contributed by atoms with E-state index in [9.17, 15) is 14.4 Å². The minimum atomic E-state index is -1.16. The highest BCUT2D eigenvalue weighted by molar-refractivity contribution is 6.30. The zero-order valence-corrected chi connectivity index (χ0v) is 22.2. The first-order valence-electron chi connectivity index (χ1n) is 13.5. The SMILES string of the molecule is CC(C)OCCCN1C(=O)[C@H]2[C@H](C(=O)Nc3cccc(Cl)c3)[C@H]3C=C[C@@]2(O3)[C@H]1C(=O)NC1CCCCC1. The van der Waals surface area contributed by atoms with E-state index in [1.807, 2.05) is 26.0 Å². The van der Waals surface area contributed by atoms with Gasteiger partial charge in [0.2, 0.25) is 17.7 Å². The summed E-state index contributed by atoms with van der Waals surface area (Å²) in [7, 11) is 0. The lowest BCUT2D eigenvalue weighted by Gasteiger charge is -2.34. The largest absolute Gasteiger partial charge is 0.379 e. The predicted octanol–water partition coefficient (Wildman–Crippen LogP) is 3.69. The Morgan fingerprint density at radius 3 is 2.73 bits per heavy atom. The van der Waals surface area contributed by atoms with E-state index in [4.69, 9.17) is 21.1 Å². The van der Waals surface area contributed by atoms with Gasteiger partial charge in [-0.05, 0) is 51.3 Å². The van der Waals surface area contributed by atoms with Gasteiger partial charge in [-0.25, -0.2) is 0 Å². The van der Waals surface area contributed by atoms with Crippen LogP contribution in [0.4, 0.5) is 5.69 Å². The Morgan fingerprint density at radius 1 is 1.22 bits per heavy atom. The average molecular weight is 530 g/mol.